The van der Waals surface area contributed by atoms with E-state index in [9.17, 15) is 14.4 Å². The largest absolute Gasteiger partial charge is 0.478 e. The number of aromatic amines is 1. The van der Waals surface area contributed by atoms with Crippen molar-refractivity contribution in [3.8, 4) is 0 Å². The molecule has 0 saturated carbocycles. The average molecular weight is 277 g/mol. The highest BCUT2D eigenvalue weighted by Crippen LogP contribution is 2.13. The second-order valence-corrected chi connectivity index (χ2v) is 3.48. The van der Waals surface area contributed by atoms with E-state index in [0.29, 0.717) is 23.2 Å². The monoisotopic (exact) mass is 277 g/mol. The van der Waals surface area contributed by atoms with E-state index in [1.165, 1.54) is 6.33 Å². The van der Waals surface area contributed by atoms with E-state index < -0.39 is 17.8 Å². The normalized spacial score (nSPS) is 10.0. The second-order valence-electron chi connectivity index (χ2n) is 3.48. The minimum atomic E-state index is -1.26. The van der Waals surface area contributed by atoms with Crippen LogP contribution in [-0.4, -0.2) is 38.0 Å². The van der Waals surface area contributed by atoms with Gasteiger partial charge in [0.1, 0.15) is 5.52 Å². The van der Waals surface area contributed by atoms with Gasteiger partial charge in [0.25, 0.3) is 5.91 Å². The molecule has 0 aliphatic carbocycles. The summed E-state index contributed by atoms with van der Waals surface area (Å²) in [5.74, 6) is -2.97. The van der Waals surface area contributed by atoms with Crippen LogP contribution >= 0.6 is 0 Å². The van der Waals surface area contributed by atoms with Crippen LogP contribution in [0.4, 0.5) is 0 Å². The van der Waals surface area contributed by atoms with E-state index in [4.69, 9.17) is 15.9 Å². The number of primary amides is 1. The highest BCUT2D eigenvalue weighted by molar-refractivity contribution is 6.03. The minimum absolute atomic E-state index is 0.451. The number of amides is 1. The third-order valence-electron chi connectivity index (χ3n) is 2.08. The van der Waals surface area contributed by atoms with E-state index in [1.54, 1.807) is 12.1 Å². The molecule has 1 amide bonds. The Bertz CT molecular complexity index is 659. The van der Waals surface area contributed by atoms with E-state index in [-0.39, 0.29) is 0 Å². The van der Waals surface area contributed by atoms with Gasteiger partial charge in [0.2, 0.25) is 0 Å². The number of fused-ring (bicyclic) bond motifs is 1. The number of benzene rings is 1. The molecular formula is C12H11N3O5. The predicted molar refractivity (Wildman–Crippen MR) is 69.0 cm³/mol. The number of nitrogens with two attached hydrogens (primary N) is 1. The van der Waals surface area contributed by atoms with Crippen LogP contribution in [0, 0.1) is 0 Å². The lowest BCUT2D eigenvalue weighted by Crippen LogP contribution is -2.11. The summed E-state index contributed by atoms with van der Waals surface area (Å²) in [7, 11) is 0. The number of carboxylic acids is 2. The Morgan fingerprint density at radius 1 is 1.15 bits per heavy atom. The summed E-state index contributed by atoms with van der Waals surface area (Å²) in [6, 6.07) is 5.26. The summed E-state index contributed by atoms with van der Waals surface area (Å²) in [6.45, 7) is 0. The first-order valence-electron chi connectivity index (χ1n) is 5.27. The zero-order valence-corrected chi connectivity index (χ0v) is 10.1. The Balaban J connectivity index is 0.000000221. The Morgan fingerprint density at radius 3 is 2.25 bits per heavy atom. The van der Waals surface area contributed by atoms with Crippen molar-refractivity contribution in [2.75, 3.05) is 0 Å². The van der Waals surface area contributed by atoms with Gasteiger partial charge < -0.3 is 20.9 Å². The van der Waals surface area contributed by atoms with Crippen LogP contribution in [0.1, 0.15) is 10.4 Å². The van der Waals surface area contributed by atoms with Crippen LogP contribution < -0.4 is 5.73 Å². The Labute approximate surface area is 112 Å². The van der Waals surface area contributed by atoms with Crippen LogP contribution in [0.15, 0.2) is 36.7 Å². The van der Waals surface area contributed by atoms with Crippen LogP contribution in [0.25, 0.3) is 11.0 Å². The van der Waals surface area contributed by atoms with Gasteiger partial charge in [0.05, 0.1) is 17.4 Å². The third-order valence-corrected chi connectivity index (χ3v) is 2.08. The molecule has 0 aliphatic heterocycles. The van der Waals surface area contributed by atoms with Crippen molar-refractivity contribution >= 4 is 28.9 Å². The number of imidazole rings is 1. The lowest BCUT2D eigenvalue weighted by molar-refractivity contribution is -0.134. The summed E-state index contributed by atoms with van der Waals surface area (Å²) >= 11 is 0. The maximum absolute atomic E-state index is 10.9. The van der Waals surface area contributed by atoms with Gasteiger partial charge >= 0.3 is 11.9 Å². The van der Waals surface area contributed by atoms with Crippen LogP contribution in [0.2, 0.25) is 0 Å². The van der Waals surface area contributed by atoms with Crippen molar-refractivity contribution in [2.45, 2.75) is 0 Å². The fraction of sp³-hybridized carbons (Fsp3) is 0. The quantitative estimate of drug-likeness (QED) is 0.596. The third kappa shape index (κ3) is 4.26. The number of rotatable bonds is 3. The lowest BCUT2D eigenvalue weighted by Gasteiger charge is -1.94. The summed E-state index contributed by atoms with van der Waals surface area (Å²) in [6.07, 6.45) is 2.65. The van der Waals surface area contributed by atoms with E-state index >= 15 is 0 Å². The molecule has 0 bridgehead atoms. The number of hydrogen-bond donors (Lipinski definition) is 4. The van der Waals surface area contributed by atoms with Crippen molar-refractivity contribution in [1.29, 1.82) is 0 Å². The maximum Gasteiger partial charge on any atom is 0.328 e. The summed E-state index contributed by atoms with van der Waals surface area (Å²) in [5, 5.41) is 15.6. The van der Waals surface area contributed by atoms with Gasteiger partial charge in [-0.1, -0.05) is 6.07 Å². The molecule has 0 aliphatic rings. The minimum Gasteiger partial charge on any atom is -0.478 e. The molecule has 0 fully saturated rings. The molecule has 0 radical (unpaired) electrons. The number of aliphatic carboxylic acids is 2. The summed E-state index contributed by atoms with van der Waals surface area (Å²) < 4.78 is 0. The molecule has 5 N–H and O–H groups in total. The highest BCUT2D eigenvalue weighted by Gasteiger charge is 2.06. The van der Waals surface area contributed by atoms with Crippen molar-refractivity contribution < 1.29 is 24.6 Å². The molecule has 0 atom stereocenters. The van der Waals surface area contributed by atoms with E-state index in [2.05, 4.69) is 9.97 Å². The number of aromatic nitrogens is 2. The van der Waals surface area contributed by atoms with Crippen LogP contribution in [0.3, 0.4) is 0 Å². The van der Waals surface area contributed by atoms with Crippen LogP contribution in [-0.2, 0) is 9.59 Å². The molecule has 0 saturated heterocycles. The maximum atomic E-state index is 10.9. The Morgan fingerprint density at radius 2 is 1.75 bits per heavy atom. The fourth-order valence-corrected chi connectivity index (χ4v) is 1.31. The molecule has 1 aromatic carbocycles. The number of para-hydroxylation sites is 1. The number of hydrogen-bond acceptors (Lipinski definition) is 4. The molecule has 8 nitrogen and oxygen atoms in total. The van der Waals surface area contributed by atoms with Crippen molar-refractivity contribution in [2.24, 2.45) is 5.73 Å². The first-order chi connectivity index (χ1) is 9.41. The second kappa shape index (κ2) is 6.69. The average Bonchev–Trinajstić information content (AvgIpc) is 2.84. The molecule has 1 aromatic heterocycles. The topological polar surface area (TPSA) is 146 Å². The Kier molecular flexibility index (Phi) is 4.98. The van der Waals surface area contributed by atoms with Gasteiger partial charge in [0.15, 0.2) is 0 Å². The molecule has 8 heteroatoms. The molecule has 104 valence electrons. The first-order valence-corrected chi connectivity index (χ1v) is 5.27. The zero-order chi connectivity index (χ0) is 15.1. The van der Waals surface area contributed by atoms with Gasteiger partial charge in [-0.2, -0.15) is 0 Å². The first kappa shape index (κ1) is 14.9. The smallest absolute Gasteiger partial charge is 0.328 e. The number of H-pyrrole nitrogens is 1. The molecule has 2 rings (SSSR count). The highest BCUT2D eigenvalue weighted by atomic mass is 16.4. The standard InChI is InChI=1S/C8H7N3O.C4H4O4/c9-8(12)5-2-1-3-6-7(5)11-4-10-6;5-3(6)1-2-4(7)8/h1-4H,(H2,9,12)(H,10,11);1-2H,(H,5,6)(H,7,8)/b;2-1+. The molecule has 0 spiro atoms. The number of carbonyl (C=O) groups excluding carboxylic acids is 1. The Hall–Kier alpha value is -3.16. The van der Waals surface area contributed by atoms with Gasteiger partial charge in [-0.3, -0.25) is 4.79 Å². The fourth-order valence-electron chi connectivity index (χ4n) is 1.31. The predicted octanol–water partition coefficient (Wildman–Crippen LogP) is 0.374. The van der Waals surface area contributed by atoms with Gasteiger partial charge in [0, 0.05) is 12.2 Å². The van der Waals surface area contributed by atoms with Gasteiger partial charge in [-0.25, -0.2) is 14.6 Å². The van der Waals surface area contributed by atoms with E-state index in [0.717, 1.165) is 5.52 Å². The summed E-state index contributed by atoms with van der Waals surface area (Å²) in [4.78, 5) is 36.9. The molecule has 2 aromatic rings. The van der Waals surface area contributed by atoms with Crippen molar-refractivity contribution in [1.82, 2.24) is 9.97 Å². The summed E-state index contributed by atoms with van der Waals surface area (Å²) in [5.41, 5.74) is 7.05. The zero-order valence-electron chi connectivity index (χ0n) is 10.1. The van der Waals surface area contributed by atoms with Crippen molar-refractivity contribution in [3.63, 3.8) is 0 Å². The number of carbonyl (C=O) groups is 3. The number of nitrogens with one attached hydrogen (secondary N) is 1. The molecule has 20 heavy (non-hydrogen) atoms. The van der Waals surface area contributed by atoms with Crippen molar-refractivity contribution in [3.05, 3.63) is 42.2 Å². The van der Waals surface area contributed by atoms with Crippen LogP contribution in [0.5, 0.6) is 0 Å². The molecular weight excluding hydrogens is 266 g/mol. The molecule has 0 unspecified atom stereocenters. The SMILES string of the molecule is NC(=O)c1cccc2[nH]cnc12.O=C(O)/C=C/C(=O)O. The lowest BCUT2D eigenvalue weighted by atomic mass is 10.2. The molecule has 1 heterocycles. The number of carboxylic acid groups (broad SMARTS) is 2. The van der Waals surface area contributed by atoms with Gasteiger partial charge in [-0.05, 0) is 12.1 Å². The van der Waals surface area contributed by atoms with Gasteiger partial charge in [-0.15, -0.1) is 0 Å². The van der Waals surface area contributed by atoms with E-state index in [1.807, 2.05) is 6.07 Å². The number of nitrogens with zero attached hydrogens (tertiary/aromatic N) is 1.